The van der Waals surface area contributed by atoms with Gasteiger partial charge in [0.05, 0.1) is 6.10 Å². The van der Waals surface area contributed by atoms with Crippen molar-refractivity contribution in [2.75, 3.05) is 26.2 Å². The van der Waals surface area contributed by atoms with E-state index in [1.807, 2.05) is 0 Å². The quantitative estimate of drug-likeness (QED) is 0.673. The van der Waals surface area contributed by atoms with Gasteiger partial charge >= 0.3 is 12.0 Å². The van der Waals surface area contributed by atoms with Crippen molar-refractivity contribution in [1.82, 2.24) is 10.2 Å². The van der Waals surface area contributed by atoms with Crippen LogP contribution in [0.4, 0.5) is 4.79 Å². The maximum atomic E-state index is 11.9. The molecule has 21 heavy (non-hydrogen) atoms. The molecule has 122 valence electrons. The molecule has 1 fully saturated rings. The third-order valence-corrected chi connectivity index (χ3v) is 3.62. The Morgan fingerprint density at radius 2 is 2.00 bits per heavy atom. The molecule has 0 bridgehead atoms. The van der Waals surface area contributed by atoms with E-state index in [1.54, 1.807) is 4.90 Å². The molecular formula is C15H28N2O4. The number of carbonyl (C=O) groups excluding carboxylic acids is 1. The summed E-state index contributed by atoms with van der Waals surface area (Å²) in [5.74, 6) is -0.176. The summed E-state index contributed by atoms with van der Waals surface area (Å²) in [4.78, 5) is 24.0. The average Bonchev–Trinajstić information content (AvgIpc) is 2.43. The SMILES string of the molecule is CC(C)CCOC1CCN(C(=O)NCCCC(=O)O)CC1. The van der Waals surface area contributed by atoms with E-state index < -0.39 is 5.97 Å². The Balaban J connectivity index is 2.11. The zero-order chi connectivity index (χ0) is 15.7. The van der Waals surface area contributed by atoms with Crippen LogP contribution in [0.15, 0.2) is 0 Å². The second-order valence-corrected chi connectivity index (χ2v) is 5.97. The molecule has 0 aliphatic carbocycles. The summed E-state index contributed by atoms with van der Waals surface area (Å²) in [6.45, 7) is 6.98. The summed E-state index contributed by atoms with van der Waals surface area (Å²) in [6, 6.07) is -0.0963. The molecule has 0 aromatic carbocycles. The lowest BCUT2D eigenvalue weighted by Gasteiger charge is -2.32. The minimum absolute atomic E-state index is 0.0893. The van der Waals surface area contributed by atoms with Crippen molar-refractivity contribution in [2.24, 2.45) is 5.92 Å². The van der Waals surface area contributed by atoms with Gasteiger partial charge in [-0.3, -0.25) is 4.79 Å². The molecular weight excluding hydrogens is 272 g/mol. The number of hydrogen-bond donors (Lipinski definition) is 2. The van der Waals surface area contributed by atoms with E-state index in [0.29, 0.717) is 32.0 Å². The van der Waals surface area contributed by atoms with Crippen molar-refractivity contribution in [3.8, 4) is 0 Å². The molecule has 0 aromatic heterocycles. The molecule has 0 unspecified atom stereocenters. The molecule has 0 spiro atoms. The molecule has 0 aromatic rings. The highest BCUT2D eigenvalue weighted by atomic mass is 16.5. The number of piperidine rings is 1. The Kier molecular flexibility index (Phi) is 8.12. The number of nitrogens with one attached hydrogen (secondary N) is 1. The molecule has 1 aliphatic heterocycles. The molecule has 1 saturated heterocycles. The number of nitrogens with zero attached hydrogens (tertiary/aromatic N) is 1. The van der Waals surface area contributed by atoms with Crippen LogP contribution in [0.2, 0.25) is 0 Å². The number of likely N-dealkylation sites (tertiary alicyclic amines) is 1. The lowest BCUT2D eigenvalue weighted by Crippen LogP contribution is -2.46. The molecule has 2 N–H and O–H groups in total. The van der Waals surface area contributed by atoms with Gasteiger partial charge in [0.15, 0.2) is 0 Å². The van der Waals surface area contributed by atoms with E-state index >= 15 is 0 Å². The molecule has 1 heterocycles. The van der Waals surface area contributed by atoms with Crippen molar-refractivity contribution in [1.29, 1.82) is 0 Å². The van der Waals surface area contributed by atoms with Gasteiger partial charge in [0.1, 0.15) is 0 Å². The van der Waals surface area contributed by atoms with E-state index in [0.717, 1.165) is 25.9 Å². The van der Waals surface area contributed by atoms with Crippen LogP contribution in [0.1, 0.15) is 46.0 Å². The monoisotopic (exact) mass is 300 g/mol. The van der Waals surface area contributed by atoms with Crippen LogP contribution in [0.5, 0.6) is 0 Å². The molecule has 2 amide bonds. The Morgan fingerprint density at radius 3 is 2.57 bits per heavy atom. The summed E-state index contributed by atoms with van der Waals surface area (Å²) in [6.07, 6.45) is 3.65. The molecule has 6 heteroatoms. The lowest BCUT2D eigenvalue weighted by molar-refractivity contribution is -0.137. The average molecular weight is 300 g/mol. The number of urea groups is 1. The van der Waals surface area contributed by atoms with Gasteiger partial charge in [0.2, 0.25) is 0 Å². The Labute approximate surface area is 126 Å². The highest BCUT2D eigenvalue weighted by molar-refractivity contribution is 5.74. The third-order valence-electron chi connectivity index (χ3n) is 3.62. The number of carbonyl (C=O) groups is 2. The van der Waals surface area contributed by atoms with Crippen LogP contribution >= 0.6 is 0 Å². The fraction of sp³-hybridized carbons (Fsp3) is 0.867. The number of rotatable bonds is 8. The standard InChI is InChI=1S/C15H28N2O4/c1-12(2)7-11-21-13-5-9-17(10-6-13)15(20)16-8-3-4-14(18)19/h12-13H,3-11H2,1-2H3,(H,16,20)(H,18,19). The molecule has 1 aliphatic rings. The fourth-order valence-corrected chi connectivity index (χ4v) is 2.24. The Morgan fingerprint density at radius 1 is 1.33 bits per heavy atom. The number of aliphatic carboxylic acids is 1. The maximum Gasteiger partial charge on any atom is 0.317 e. The number of carboxylic acid groups (broad SMARTS) is 1. The summed E-state index contributed by atoms with van der Waals surface area (Å²) in [5, 5.41) is 11.3. The lowest BCUT2D eigenvalue weighted by atomic mass is 10.1. The number of hydrogen-bond acceptors (Lipinski definition) is 3. The first-order valence-electron chi connectivity index (χ1n) is 7.85. The second kappa shape index (κ2) is 9.60. The maximum absolute atomic E-state index is 11.9. The summed E-state index contributed by atoms with van der Waals surface area (Å²) >= 11 is 0. The van der Waals surface area contributed by atoms with Crippen molar-refractivity contribution >= 4 is 12.0 Å². The highest BCUT2D eigenvalue weighted by Crippen LogP contribution is 2.14. The van der Waals surface area contributed by atoms with E-state index in [1.165, 1.54) is 0 Å². The van der Waals surface area contributed by atoms with Crippen LogP contribution in [0.25, 0.3) is 0 Å². The van der Waals surface area contributed by atoms with Crippen LogP contribution < -0.4 is 5.32 Å². The van der Waals surface area contributed by atoms with Crippen molar-refractivity contribution in [3.63, 3.8) is 0 Å². The minimum Gasteiger partial charge on any atom is -0.481 e. The Hall–Kier alpha value is -1.30. The molecule has 1 rings (SSSR count). The van der Waals surface area contributed by atoms with E-state index in [9.17, 15) is 9.59 Å². The Bertz CT molecular complexity index is 326. The van der Waals surface area contributed by atoms with Gasteiger partial charge < -0.3 is 20.1 Å². The van der Waals surface area contributed by atoms with Gasteiger partial charge in [-0.15, -0.1) is 0 Å². The van der Waals surface area contributed by atoms with E-state index in [-0.39, 0.29) is 18.6 Å². The van der Waals surface area contributed by atoms with Crippen molar-refractivity contribution in [2.45, 2.75) is 52.1 Å². The van der Waals surface area contributed by atoms with Gasteiger partial charge in [-0.2, -0.15) is 0 Å². The second-order valence-electron chi connectivity index (χ2n) is 5.97. The van der Waals surface area contributed by atoms with Gasteiger partial charge in [0, 0.05) is 32.7 Å². The molecule has 0 radical (unpaired) electrons. The van der Waals surface area contributed by atoms with Crippen LogP contribution in [0.3, 0.4) is 0 Å². The zero-order valence-corrected chi connectivity index (χ0v) is 13.1. The van der Waals surface area contributed by atoms with Gasteiger partial charge in [0.25, 0.3) is 0 Å². The number of amides is 2. The molecule has 6 nitrogen and oxygen atoms in total. The van der Waals surface area contributed by atoms with Crippen molar-refractivity contribution < 1.29 is 19.4 Å². The van der Waals surface area contributed by atoms with E-state index in [4.69, 9.17) is 9.84 Å². The molecule has 0 saturated carbocycles. The smallest absolute Gasteiger partial charge is 0.317 e. The van der Waals surface area contributed by atoms with E-state index in [2.05, 4.69) is 19.2 Å². The van der Waals surface area contributed by atoms with Crippen LogP contribution in [0, 0.1) is 5.92 Å². The normalized spacial score (nSPS) is 16.2. The van der Waals surface area contributed by atoms with Gasteiger partial charge in [-0.1, -0.05) is 13.8 Å². The first-order valence-corrected chi connectivity index (χ1v) is 7.85. The van der Waals surface area contributed by atoms with Crippen LogP contribution in [-0.4, -0.2) is 54.4 Å². The topological polar surface area (TPSA) is 78.9 Å². The fourth-order valence-electron chi connectivity index (χ4n) is 2.24. The zero-order valence-electron chi connectivity index (χ0n) is 13.1. The largest absolute Gasteiger partial charge is 0.481 e. The predicted octanol–water partition coefficient (Wildman–Crippen LogP) is 2.09. The first kappa shape index (κ1) is 17.8. The van der Waals surface area contributed by atoms with Gasteiger partial charge in [-0.05, 0) is 31.6 Å². The summed E-state index contributed by atoms with van der Waals surface area (Å²) in [7, 11) is 0. The highest BCUT2D eigenvalue weighted by Gasteiger charge is 2.22. The summed E-state index contributed by atoms with van der Waals surface area (Å²) in [5.41, 5.74) is 0. The minimum atomic E-state index is -0.830. The first-order chi connectivity index (χ1) is 9.99. The van der Waals surface area contributed by atoms with Crippen LogP contribution in [-0.2, 0) is 9.53 Å². The van der Waals surface area contributed by atoms with Crippen molar-refractivity contribution in [3.05, 3.63) is 0 Å². The van der Waals surface area contributed by atoms with Gasteiger partial charge in [-0.25, -0.2) is 4.79 Å². The predicted molar refractivity (Wildman–Crippen MR) is 80.3 cm³/mol. The number of ether oxygens (including phenoxy) is 1. The summed E-state index contributed by atoms with van der Waals surface area (Å²) < 4.78 is 5.82. The number of carboxylic acids is 1. The third kappa shape index (κ3) is 7.90. The molecule has 0 atom stereocenters.